The Labute approximate surface area is 392 Å². The first-order chi connectivity index (χ1) is 31.2. The third-order valence-corrected chi connectivity index (χ3v) is 13.9. The van der Waals surface area contributed by atoms with Crippen molar-refractivity contribution in [1.29, 1.82) is 0 Å². The number of aryl methyl sites for hydroxylation is 1. The molecule has 0 spiro atoms. The smallest absolute Gasteiger partial charge is 0.336 e. The van der Waals surface area contributed by atoms with E-state index in [-0.39, 0.29) is 46.4 Å². The van der Waals surface area contributed by atoms with Gasteiger partial charge in [-0.05, 0) is 81.9 Å². The highest BCUT2D eigenvalue weighted by molar-refractivity contribution is 6.36. The van der Waals surface area contributed by atoms with E-state index in [1.807, 2.05) is 17.0 Å². The first-order valence-electron chi connectivity index (χ1n) is 22.6. The number of hydrogen-bond donors (Lipinski definition) is 3. The largest absolute Gasteiger partial charge is 0.481 e. The number of fused-ring (bicyclic) bond motifs is 2. The summed E-state index contributed by atoms with van der Waals surface area (Å²) in [5.74, 6) is -4.66. The third kappa shape index (κ3) is 13.5. The number of amides is 1. The lowest BCUT2D eigenvalue weighted by Crippen LogP contribution is -2.56. The molecule has 3 atom stereocenters. The molecule has 6 rings (SSSR count). The minimum absolute atomic E-state index is 0.101. The van der Waals surface area contributed by atoms with Crippen molar-refractivity contribution in [3.63, 3.8) is 0 Å². The molecule has 0 aromatic heterocycles. The summed E-state index contributed by atoms with van der Waals surface area (Å²) >= 11 is 13.7. The lowest BCUT2D eigenvalue weighted by atomic mass is 9.78. The van der Waals surface area contributed by atoms with Crippen molar-refractivity contribution in [1.82, 2.24) is 24.9 Å². The van der Waals surface area contributed by atoms with E-state index in [2.05, 4.69) is 53.0 Å². The number of piperazine rings is 1. The summed E-state index contributed by atoms with van der Waals surface area (Å²) in [5.41, 5.74) is 3.66. The van der Waals surface area contributed by atoms with Crippen LogP contribution in [-0.2, 0) is 51.2 Å². The zero-order chi connectivity index (χ0) is 47.2. The van der Waals surface area contributed by atoms with Gasteiger partial charge in [-0.1, -0.05) is 67.4 Å². The van der Waals surface area contributed by atoms with E-state index in [9.17, 15) is 24.0 Å². The predicted molar refractivity (Wildman–Crippen MR) is 248 cm³/mol. The van der Waals surface area contributed by atoms with Crippen LogP contribution in [0.4, 0.5) is 0 Å². The summed E-state index contributed by atoms with van der Waals surface area (Å²) in [6.07, 6.45) is 5.11. The van der Waals surface area contributed by atoms with Crippen molar-refractivity contribution >= 4 is 53.0 Å². The molecule has 3 saturated heterocycles. The SMILES string of the molecule is CCN(CC)CCOCc1ccccc1CCC1=C(C(=O)OC)[C@@H](c2c(Cl)cccc2Cl)C(C(=O)OC)=C(CC(=O)N2CCN(C3CC4CCC(C3)N4C)CC2)N1.O=C(O)CCC(=O)O. The summed E-state index contributed by atoms with van der Waals surface area (Å²) in [4.78, 5) is 70.7. The summed E-state index contributed by atoms with van der Waals surface area (Å²) in [6.45, 7) is 11.0. The number of carbonyl (C=O) groups excluding carboxylic acids is 3. The second kappa shape index (κ2) is 24.9. The Morgan fingerprint density at radius 3 is 1.85 bits per heavy atom. The van der Waals surface area contributed by atoms with E-state index in [4.69, 9.17) is 47.6 Å². The molecular weight excluding hydrogens is 877 g/mol. The zero-order valence-corrected chi connectivity index (χ0v) is 39.8. The predicted octanol–water partition coefficient (Wildman–Crippen LogP) is 6.12. The van der Waals surface area contributed by atoms with Gasteiger partial charge in [-0.3, -0.25) is 19.3 Å². The molecule has 3 N–H and O–H groups in total. The van der Waals surface area contributed by atoms with E-state index in [1.165, 1.54) is 39.9 Å². The van der Waals surface area contributed by atoms with E-state index < -0.39 is 29.8 Å². The van der Waals surface area contributed by atoms with Crippen molar-refractivity contribution in [2.24, 2.45) is 0 Å². The van der Waals surface area contributed by atoms with Crippen molar-refractivity contribution in [3.8, 4) is 0 Å². The molecule has 17 heteroatoms. The molecule has 4 aliphatic rings. The molecule has 2 bridgehead atoms. The first kappa shape index (κ1) is 51.5. The third-order valence-electron chi connectivity index (χ3n) is 13.2. The highest BCUT2D eigenvalue weighted by atomic mass is 35.5. The molecule has 15 nitrogen and oxygen atoms in total. The Hall–Kier alpha value is -4.51. The van der Waals surface area contributed by atoms with Crippen LogP contribution in [0.25, 0.3) is 0 Å². The van der Waals surface area contributed by atoms with Gasteiger partial charge in [0, 0.05) is 77.9 Å². The number of ether oxygens (including phenoxy) is 3. The fourth-order valence-corrected chi connectivity index (χ4v) is 10.2. The maximum Gasteiger partial charge on any atom is 0.336 e. The molecule has 0 radical (unpaired) electrons. The zero-order valence-electron chi connectivity index (χ0n) is 38.3. The molecule has 4 heterocycles. The Morgan fingerprint density at radius 1 is 0.754 bits per heavy atom. The summed E-state index contributed by atoms with van der Waals surface area (Å²) < 4.78 is 16.9. The van der Waals surface area contributed by atoms with Crippen LogP contribution < -0.4 is 5.32 Å². The van der Waals surface area contributed by atoms with Gasteiger partial charge in [0.2, 0.25) is 5.91 Å². The van der Waals surface area contributed by atoms with Crippen molar-refractivity contribution < 1.29 is 48.4 Å². The van der Waals surface area contributed by atoms with E-state index in [0.29, 0.717) is 74.2 Å². The van der Waals surface area contributed by atoms with Gasteiger partial charge in [0.15, 0.2) is 0 Å². The van der Waals surface area contributed by atoms with E-state index in [1.54, 1.807) is 18.2 Å². The molecule has 2 aromatic carbocycles. The van der Waals surface area contributed by atoms with Crippen LogP contribution in [0.3, 0.4) is 0 Å². The van der Waals surface area contributed by atoms with Gasteiger partial charge in [0.1, 0.15) is 0 Å². The van der Waals surface area contributed by atoms with Crippen molar-refractivity contribution in [2.75, 3.05) is 73.7 Å². The summed E-state index contributed by atoms with van der Waals surface area (Å²) in [6, 6.07) is 15.0. The molecule has 65 heavy (non-hydrogen) atoms. The van der Waals surface area contributed by atoms with Crippen LogP contribution in [0.1, 0.15) is 87.8 Å². The summed E-state index contributed by atoms with van der Waals surface area (Å²) in [7, 11) is 4.85. The maximum atomic E-state index is 14.2. The van der Waals surface area contributed by atoms with E-state index in [0.717, 1.165) is 43.9 Å². The minimum atomic E-state index is -1.08. The molecule has 1 amide bonds. The molecule has 0 aliphatic carbocycles. The van der Waals surface area contributed by atoms with Gasteiger partial charge in [0.25, 0.3) is 0 Å². The van der Waals surface area contributed by atoms with Crippen molar-refractivity contribution in [2.45, 2.75) is 102 Å². The van der Waals surface area contributed by atoms with Crippen molar-refractivity contribution in [3.05, 3.63) is 91.7 Å². The van der Waals surface area contributed by atoms with Crippen LogP contribution in [0.15, 0.2) is 65.0 Å². The number of carbonyl (C=O) groups is 5. The van der Waals surface area contributed by atoms with Gasteiger partial charge in [-0.15, -0.1) is 0 Å². The van der Waals surface area contributed by atoms with Gasteiger partial charge in [0.05, 0.1) is 63.8 Å². The highest BCUT2D eigenvalue weighted by Crippen LogP contribution is 2.46. The number of esters is 2. The number of nitrogens with one attached hydrogen (secondary N) is 1. The molecule has 0 saturated carbocycles. The standard InChI is InChI=1S/C44H59Cl2N5O6.C4H6O4/c1-6-49(7-2)23-24-57-28-30-12-9-8-11-29(30)15-18-36-40(43(53)55-4)42(39-34(45)13-10-14-35(39)46)41(44(54)56-5)37(47-36)27-38(52)51-21-19-50(20-22-51)33-25-31-16-17-32(26-33)48(31)3;5-3(6)1-2-4(7)8/h8-14,31-33,42,47H,6-7,15-28H2,1-5H3;1-2H2,(H,5,6)(H,7,8)/t31?,32?,33?,42-;/m1./s1. The van der Waals surface area contributed by atoms with Crippen LogP contribution in [-0.4, -0.2) is 151 Å². The number of methoxy groups -OCH3 is 2. The number of dihydropyridines is 1. The van der Waals surface area contributed by atoms with E-state index >= 15 is 0 Å². The lowest BCUT2D eigenvalue weighted by Gasteiger charge is -2.45. The average Bonchev–Trinajstić information content (AvgIpc) is 3.48. The molecule has 4 aliphatic heterocycles. The number of nitrogens with zero attached hydrogens (tertiary/aromatic N) is 4. The lowest BCUT2D eigenvalue weighted by molar-refractivity contribution is -0.143. The quantitative estimate of drug-likeness (QED) is 0.108. The fourth-order valence-electron chi connectivity index (χ4n) is 9.54. The number of halogens is 2. The molecule has 2 unspecified atom stereocenters. The number of hydrogen-bond acceptors (Lipinski definition) is 12. The number of benzene rings is 2. The highest BCUT2D eigenvalue weighted by Gasteiger charge is 2.43. The number of aliphatic carboxylic acids is 2. The Balaban J connectivity index is 0.000000905. The van der Waals surface area contributed by atoms with Crippen LogP contribution in [0.5, 0.6) is 0 Å². The van der Waals surface area contributed by atoms with Crippen LogP contribution >= 0.6 is 23.2 Å². The second-order valence-electron chi connectivity index (χ2n) is 16.9. The number of rotatable bonds is 19. The fraction of sp³-hybridized carbons (Fsp3) is 0.562. The maximum absolute atomic E-state index is 14.2. The number of carboxylic acids is 2. The molecule has 3 fully saturated rings. The number of likely N-dealkylation sites (N-methyl/N-ethyl adjacent to an activating group) is 1. The summed E-state index contributed by atoms with van der Waals surface area (Å²) in [5, 5.41) is 19.8. The topological polar surface area (TPSA) is 178 Å². The molecule has 356 valence electrons. The number of carboxylic acid groups (broad SMARTS) is 2. The number of piperidine rings is 1. The second-order valence-corrected chi connectivity index (χ2v) is 17.7. The van der Waals surface area contributed by atoms with Crippen LogP contribution in [0.2, 0.25) is 10.0 Å². The van der Waals surface area contributed by atoms with Gasteiger partial charge in [-0.25, -0.2) is 9.59 Å². The van der Waals surface area contributed by atoms with Gasteiger partial charge in [-0.2, -0.15) is 0 Å². The Bertz CT molecular complexity index is 2020. The minimum Gasteiger partial charge on any atom is -0.481 e. The molecular formula is C48H65Cl2N5O10. The normalized spacial score (nSPS) is 21.1. The molecule has 2 aromatic rings. The number of allylic oxidation sites excluding steroid dienone is 1. The van der Waals surface area contributed by atoms with Crippen LogP contribution in [0, 0.1) is 0 Å². The monoisotopic (exact) mass is 941 g/mol. The van der Waals surface area contributed by atoms with Gasteiger partial charge < -0.3 is 44.4 Å². The first-order valence-corrected chi connectivity index (χ1v) is 23.3. The van der Waals surface area contributed by atoms with Gasteiger partial charge >= 0.3 is 23.9 Å². The Morgan fingerprint density at radius 2 is 1.31 bits per heavy atom. The average molecular weight is 943 g/mol. The Kier molecular flexibility index (Phi) is 19.7.